The number of halogens is 1. The second kappa shape index (κ2) is 9.79. The van der Waals surface area contributed by atoms with Crippen molar-refractivity contribution < 1.29 is 18.7 Å². The molecule has 0 bridgehead atoms. The summed E-state index contributed by atoms with van der Waals surface area (Å²) >= 11 is 0. The van der Waals surface area contributed by atoms with Crippen LogP contribution in [0.15, 0.2) is 48.5 Å². The molecule has 0 aliphatic rings. The van der Waals surface area contributed by atoms with E-state index >= 15 is 0 Å². The number of hydrogen-bond acceptors (Lipinski definition) is 6. The predicted molar refractivity (Wildman–Crippen MR) is 111 cm³/mol. The molecule has 0 fully saturated rings. The summed E-state index contributed by atoms with van der Waals surface area (Å²) in [4.78, 5) is 25.0. The van der Waals surface area contributed by atoms with Crippen molar-refractivity contribution in [2.24, 2.45) is 5.92 Å². The van der Waals surface area contributed by atoms with Crippen LogP contribution in [0.1, 0.15) is 25.2 Å². The number of rotatable bonds is 7. The molecule has 2 amide bonds. The van der Waals surface area contributed by atoms with Gasteiger partial charge in [0.2, 0.25) is 5.91 Å². The van der Waals surface area contributed by atoms with Crippen LogP contribution in [-0.4, -0.2) is 38.2 Å². The van der Waals surface area contributed by atoms with E-state index in [1.165, 1.54) is 22.9 Å². The van der Waals surface area contributed by atoms with Gasteiger partial charge in [0.25, 0.3) is 0 Å². The molecule has 0 saturated carbocycles. The first-order valence-corrected chi connectivity index (χ1v) is 9.68. The van der Waals surface area contributed by atoms with Gasteiger partial charge in [0.05, 0.1) is 11.4 Å². The van der Waals surface area contributed by atoms with Crippen molar-refractivity contribution in [2.75, 3.05) is 5.32 Å². The van der Waals surface area contributed by atoms with E-state index in [1.807, 2.05) is 30.3 Å². The van der Waals surface area contributed by atoms with Crippen LogP contribution in [0.4, 0.5) is 14.9 Å². The van der Waals surface area contributed by atoms with Gasteiger partial charge in [-0.2, -0.15) is 4.68 Å². The molecular formula is C21H23FN6O3. The Balaban J connectivity index is 1.68. The molecule has 2 N–H and O–H groups in total. The van der Waals surface area contributed by atoms with Crippen molar-refractivity contribution >= 4 is 17.7 Å². The third kappa shape index (κ3) is 5.62. The average molecular weight is 426 g/mol. The van der Waals surface area contributed by atoms with Crippen LogP contribution < -0.4 is 10.6 Å². The van der Waals surface area contributed by atoms with Crippen LogP contribution in [-0.2, 0) is 16.1 Å². The Morgan fingerprint density at radius 2 is 1.90 bits per heavy atom. The molecule has 0 unspecified atom stereocenters. The Hall–Kier alpha value is -3.82. The van der Waals surface area contributed by atoms with Gasteiger partial charge >= 0.3 is 6.09 Å². The molecule has 0 saturated heterocycles. The van der Waals surface area contributed by atoms with Crippen molar-refractivity contribution in [1.29, 1.82) is 0 Å². The van der Waals surface area contributed by atoms with Gasteiger partial charge in [0.15, 0.2) is 5.82 Å². The SMILES string of the molecule is Cc1nnnn1-c1ccc(F)c(NC(=O)[C@@H](NC(=O)OCc2ccccc2)C(C)C)c1. The predicted octanol–water partition coefficient (Wildman–Crippen LogP) is 3.00. The fourth-order valence-electron chi connectivity index (χ4n) is 2.85. The molecule has 3 aromatic rings. The quantitative estimate of drug-likeness (QED) is 0.601. The third-order valence-corrected chi connectivity index (χ3v) is 4.51. The molecule has 0 aliphatic heterocycles. The lowest BCUT2D eigenvalue weighted by Crippen LogP contribution is -2.47. The van der Waals surface area contributed by atoms with Crippen LogP contribution in [0, 0.1) is 18.7 Å². The lowest BCUT2D eigenvalue weighted by molar-refractivity contribution is -0.119. The van der Waals surface area contributed by atoms with Crippen molar-refractivity contribution in [2.45, 2.75) is 33.4 Å². The number of carbonyl (C=O) groups excluding carboxylic acids is 2. The molecule has 0 spiro atoms. The monoisotopic (exact) mass is 426 g/mol. The van der Waals surface area contributed by atoms with Gasteiger partial charge in [-0.15, -0.1) is 5.10 Å². The summed E-state index contributed by atoms with van der Waals surface area (Å²) in [6.07, 6.45) is -0.740. The van der Waals surface area contributed by atoms with Crippen molar-refractivity contribution in [3.63, 3.8) is 0 Å². The maximum absolute atomic E-state index is 14.3. The zero-order valence-electron chi connectivity index (χ0n) is 17.4. The number of anilines is 1. The molecule has 1 aromatic heterocycles. The number of tetrazole rings is 1. The third-order valence-electron chi connectivity index (χ3n) is 4.51. The van der Waals surface area contributed by atoms with E-state index < -0.39 is 23.9 Å². The first-order valence-electron chi connectivity index (χ1n) is 9.68. The second-order valence-electron chi connectivity index (χ2n) is 7.22. The number of nitrogens with one attached hydrogen (secondary N) is 2. The van der Waals surface area contributed by atoms with E-state index in [-0.39, 0.29) is 18.2 Å². The molecule has 1 heterocycles. The lowest BCUT2D eigenvalue weighted by atomic mass is 10.0. The highest BCUT2D eigenvalue weighted by Gasteiger charge is 2.26. The summed E-state index contributed by atoms with van der Waals surface area (Å²) in [5.74, 6) is -0.961. The number of hydrogen-bond donors (Lipinski definition) is 2. The summed E-state index contributed by atoms with van der Waals surface area (Å²) in [6, 6.07) is 12.4. The molecule has 3 rings (SSSR count). The summed E-state index contributed by atoms with van der Waals surface area (Å²) in [5, 5.41) is 16.2. The van der Waals surface area contributed by atoms with E-state index in [0.717, 1.165) is 5.56 Å². The summed E-state index contributed by atoms with van der Waals surface area (Å²) in [7, 11) is 0. The van der Waals surface area contributed by atoms with E-state index in [2.05, 4.69) is 26.2 Å². The number of ether oxygens (including phenoxy) is 1. The fourth-order valence-corrected chi connectivity index (χ4v) is 2.85. The van der Waals surface area contributed by atoms with Gasteiger partial charge in [0, 0.05) is 0 Å². The smallest absolute Gasteiger partial charge is 0.408 e. The van der Waals surface area contributed by atoms with Gasteiger partial charge in [0.1, 0.15) is 18.5 Å². The normalized spacial score (nSPS) is 11.8. The maximum atomic E-state index is 14.3. The molecule has 9 nitrogen and oxygen atoms in total. The maximum Gasteiger partial charge on any atom is 0.408 e. The summed E-state index contributed by atoms with van der Waals surface area (Å²) in [5.41, 5.74) is 1.25. The Kier molecular flexibility index (Phi) is 6.91. The number of alkyl carbamates (subject to hydrolysis) is 1. The number of nitrogens with zero attached hydrogens (tertiary/aromatic N) is 4. The standard InChI is InChI=1S/C21H23FN6O3/c1-13(2)19(24-21(30)31-12-15-7-5-4-6-8-15)20(29)23-18-11-16(9-10-17(18)22)28-14(3)25-26-27-28/h4-11,13,19H,12H2,1-3H3,(H,23,29)(H,24,30)/t19-/m0/s1. The molecule has 0 aliphatic carbocycles. The van der Waals surface area contributed by atoms with E-state index in [1.54, 1.807) is 20.8 Å². The largest absolute Gasteiger partial charge is 0.445 e. The molecule has 0 radical (unpaired) electrons. The highest BCUT2D eigenvalue weighted by Crippen LogP contribution is 2.20. The van der Waals surface area contributed by atoms with Crippen LogP contribution in [0.2, 0.25) is 0 Å². The van der Waals surface area contributed by atoms with Crippen molar-refractivity contribution in [3.8, 4) is 5.69 Å². The summed E-state index contributed by atoms with van der Waals surface area (Å²) < 4.78 is 20.9. The first kappa shape index (κ1) is 21.9. The zero-order valence-corrected chi connectivity index (χ0v) is 17.4. The Labute approximate surface area is 178 Å². The van der Waals surface area contributed by atoms with Crippen LogP contribution >= 0.6 is 0 Å². The number of aryl methyl sites for hydroxylation is 1. The van der Waals surface area contributed by atoms with E-state index in [4.69, 9.17) is 4.74 Å². The van der Waals surface area contributed by atoms with Crippen LogP contribution in [0.3, 0.4) is 0 Å². The molecule has 10 heteroatoms. The number of aromatic nitrogens is 4. The average Bonchev–Trinajstić information content (AvgIpc) is 3.18. The Bertz CT molecular complexity index is 1050. The Morgan fingerprint density at radius 1 is 1.16 bits per heavy atom. The molecule has 1 atom stereocenters. The molecule has 31 heavy (non-hydrogen) atoms. The van der Waals surface area contributed by atoms with Crippen LogP contribution in [0.5, 0.6) is 0 Å². The molecule has 162 valence electrons. The number of carbonyl (C=O) groups is 2. The minimum absolute atomic E-state index is 0.0532. The van der Waals surface area contributed by atoms with Gasteiger partial charge in [-0.25, -0.2) is 9.18 Å². The first-order chi connectivity index (χ1) is 14.8. The zero-order chi connectivity index (χ0) is 22.4. The summed E-state index contributed by atoms with van der Waals surface area (Å²) in [6.45, 7) is 5.29. The number of amides is 2. The van der Waals surface area contributed by atoms with E-state index in [9.17, 15) is 14.0 Å². The van der Waals surface area contributed by atoms with Gasteiger partial charge in [-0.05, 0) is 47.0 Å². The minimum atomic E-state index is -0.930. The lowest BCUT2D eigenvalue weighted by Gasteiger charge is -2.21. The van der Waals surface area contributed by atoms with Gasteiger partial charge in [-0.1, -0.05) is 44.2 Å². The Morgan fingerprint density at radius 3 is 2.55 bits per heavy atom. The van der Waals surface area contributed by atoms with E-state index in [0.29, 0.717) is 11.5 Å². The highest BCUT2D eigenvalue weighted by atomic mass is 19.1. The molecular weight excluding hydrogens is 403 g/mol. The van der Waals surface area contributed by atoms with Crippen molar-refractivity contribution in [3.05, 3.63) is 65.7 Å². The van der Waals surface area contributed by atoms with Crippen molar-refractivity contribution in [1.82, 2.24) is 25.5 Å². The topological polar surface area (TPSA) is 111 Å². The van der Waals surface area contributed by atoms with Crippen LogP contribution in [0.25, 0.3) is 5.69 Å². The minimum Gasteiger partial charge on any atom is -0.445 e. The second-order valence-corrected chi connectivity index (χ2v) is 7.22. The number of benzene rings is 2. The fraction of sp³-hybridized carbons (Fsp3) is 0.286. The van der Waals surface area contributed by atoms with Gasteiger partial charge < -0.3 is 15.4 Å². The van der Waals surface area contributed by atoms with Gasteiger partial charge in [-0.3, -0.25) is 4.79 Å². The highest BCUT2D eigenvalue weighted by molar-refractivity contribution is 5.97. The molecule has 2 aromatic carbocycles.